The molecule has 0 bridgehead atoms. The maximum atomic E-state index is 2.28. The van der Waals surface area contributed by atoms with E-state index < -0.39 is 0 Å². The SMILES string of the molecule is Cc1ccc(C(C)(C)c2ccc(C)cc2)cc1.Cc1ccc(C(C)c2ccc(C)cc2)cc1.Cc1ccc(Cc2ccc(C)cc2)cc1. The Balaban J connectivity index is 0.000000163. The van der Waals surface area contributed by atoms with Crippen molar-refractivity contribution in [1.29, 1.82) is 0 Å². The number of benzene rings is 6. The van der Waals surface area contributed by atoms with E-state index in [0.29, 0.717) is 5.92 Å². The number of hydrogen-bond acceptors (Lipinski definition) is 0. The molecule has 0 nitrogen and oxygen atoms in total. The molecule has 0 fully saturated rings. The van der Waals surface area contributed by atoms with Crippen molar-refractivity contribution in [2.75, 3.05) is 0 Å². The third kappa shape index (κ3) is 10.7. The lowest BCUT2D eigenvalue weighted by Crippen LogP contribution is -2.18. The van der Waals surface area contributed by atoms with Crippen LogP contribution in [0, 0.1) is 41.5 Å². The quantitative estimate of drug-likeness (QED) is 0.172. The molecule has 0 radical (unpaired) electrons. The average molecular weight is 631 g/mol. The zero-order valence-corrected chi connectivity index (χ0v) is 30.6. The molecule has 0 unspecified atom stereocenters. The van der Waals surface area contributed by atoms with Crippen LogP contribution in [0.4, 0.5) is 0 Å². The monoisotopic (exact) mass is 630 g/mol. The van der Waals surface area contributed by atoms with Gasteiger partial charge in [-0.1, -0.05) is 200 Å². The smallest absolute Gasteiger partial charge is 0.0146 e. The normalized spacial score (nSPS) is 10.9. The van der Waals surface area contributed by atoms with Gasteiger partial charge in [-0.2, -0.15) is 0 Å². The Morgan fingerprint density at radius 1 is 0.354 bits per heavy atom. The van der Waals surface area contributed by atoms with E-state index >= 15 is 0 Å². The van der Waals surface area contributed by atoms with Crippen molar-refractivity contribution in [2.45, 2.75) is 80.1 Å². The van der Waals surface area contributed by atoms with E-state index in [2.05, 4.69) is 208 Å². The van der Waals surface area contributed by atoms with Crippen molar-refractivity contribution in [3.05, 3.63) is 212 Å². The maximum absolute atomic E-state index is 2.28. The molecule has 0 aromatic heterocycles. The fourth-order valence-electron chi connectivity index (χ4n) is 5.66. The van der Waals surface area contributed by atoms with Crippen LogP contribution in [0.1, 0.15) is 93.5 Å². The van der Waals surface area contributed by atoms with E-state index in [0.717, 1.165) is 6.42 Å². The van der Waals surface area contributed by atoms with Gasteiger partial charge < -0.3 is 0 Å². The molecule has 6 aromatic rings. The molecular weight excluding hydrogens is 577 g/mol. The van der Waals surface area contributed by atoms with Crippen molar-refractivity contribution in [2.24, 2.45) is 0 Å². The molecule has 0 amide bonds. The summed E-state index contributed by atoms with van der Waals surface area (Å²) in [5, 5.41) is 0. The van der Waals surface area contributed by atoms with Gasteiger partial charge in [-0.15, -0.1) is 0 Å². The fraction of sp³-hybridized carbons (Fsp3) is 0.250. The Morgan fingerprint density at radius 2 is 0.583 bits per heavy atom. The molecular formula is C48H54. The summed E-state index contributed by atoms with van der Waals surface area (Å²) in [6.45, 7) is 19.6. The molecule has 6 aromatic carbocycles. The Kier molecular flexibility index (Phi) is 12.8. The Bertz CT molecular complexity index is 1660. The third-order valence-corrected chi connectivity index (χ3v) is 9.35. The van der Waals surface area contributed by atoms with Crippen LogP contribution in [0.15, 0.2) is 146 Å². The fourth-order valence-corrected chi connectivity index (χ4v) is 5.66. The van der Waals surface area contributed by atoms with Gasteiger partial charge in [0.05, 0.1) is 0 Å². The van der Waals surface area contributed by atoms with E-state index in [1.807, 2.05) is 0 Å². The lowest BCUT2D eigenvalue weighted by atomic mass is 9.78. The van der Waals surface area contributed by atoms with Crippen LogP contribution in [-0.2, 0) is 11.8 Å². The molecule has 0 aliphatic heterocycles. The molecule has 0 saturated carbocycles. The largest absolute Gasteiger partial charge is 0.0590 e. The summed E-state index contributed by atoms with van der Waals surface area (Å²) in [7, 11) is 0. The topological polar surface area (TPSA) is 0 Å². The zero-order chi connectivity index (χ0) is 34.7. The summed E-state index contributed by atoms with van der Waals surface area (Å²) in [6, 6.07) is 52.8. The van der Waals surface area contributed by atoms with Gasteiger partial charge >= 0.3 is 0 Å². The second kappa shape index (κ2) is 16.9. The van der Waals surface area contributed by atoms with Gasteiger partial charge in [0.25, 0.3) is 0 Å². The summed E-state index contributed by atoms with van der Waals surface area (Å²) < 4.78 is 0. The molecule has 0 aliphatic carbocycles. The van der Waals surface area contributed by atoms with Crippen molar-refractivity contribution < 1.29 is 0 Å². The minimum absolute atomic E-state index is 0.0708. The Labute approximate surface area is 291 Å². The molecule has 0 aliphatic rings. The van der Waals surface area contributed by atoms with E-state index in [1.165, 1.54) is 66.8 Å². The lowest BCUT2D eigenvalue weighted by Gasteiger charge is -2.26. The van der Waals surface area contributed by atoms with E-state index in [4.69, 9.17) is 0 Å². The second-order valence-corrected chi connectivity index (χ2v) is 14.0. The summed E-state index contributed by atoms with van der Waals surface area (Å²) in [5.41, 5.74) is 16.2. The maximum Gasteiger partial charge on any atom is 0.0146 e. The predicted molar refractivity (Wildman–Crippen MR) is 210 cm³/mol. The Morgan fingerprint density at radius 3 is 0.854 bits per heavy atom. The van der Waals surface area contributed by atoms with Crippen LogP contribution in [-0.4, -0.2) is 0 Å². The van der Waals surface area contributed by atoms with Crippen LogP contribution >= 0.6 is 0 Å². The van der Waals surface area contributed by atoms with Gasteiger partial charge in [-0.05, 0) is 81.3 Å². The molecule has 6 rings (SSSR count). The summed E-state index contributed by atoms with van der Waals surface area (Å²) in [5.74, 6) is 0.473. The number of rotatable bonds is 6. The highest BCUT2D eigenvalue weighted by Gasteiger charge is 2.22. The number of aryl methyl sites for hydroxylation is 6. The van der Waals surface area contributed by atoms with E-state index in [1.54, 1.807) is 0 Å². The highest BCUT2D eigenvalue weighted by molar-refractivity contribution is 5.39. The van der Waals surface area contributed by atoms with E-state index in [9.17, 15) is 0 Å². The molecule has 246 valence electrons. The molecule has 0 N–H and O–H groups in total. The first kappa shape index (κ1) is 36.2. The first-order valence-electron chi connectivity index (χ1n) is 17.3. The Hall–Kier alpha value is -4.68. The van der Waals surface area contributed by atoms with Gasteiger partial charge in [0.2, 0.25) is 0 Å². The van der Waals surface area contributed by atoms with Gasteiger partial charge in [-0.3, -0.25) is 0 Å². The first-order chi connectivity index (χ1) is 22.9. The van der Waals surface area contributed by atoms with Crippen LogP contribution in [0.3, 0.4) is 0 Å². The van der Waals surface area contributed by atoms with Gasteiger partial charge in [0.15, 0.2) is 0 Å². The molecule has 0 atom stereocenters. The highest BCUT2D eigenvalue weighted by atomic mass is 14.3. The van der Waals surface area contributed by atoms with Gasteiger partial charge in [-0.25, -0.2) is 0 Å². The van der Waals surface area contributed by atoms with Crippen molar-refractivity contribution in [3.8, 4) is 0 Å². The number of hydrogen-bond donors (Lipinski definition) is 0. The standard InChI is InChI=1S/C17H20.C16H18.C15H16/c1-13-5-9-15(10-6-13)17(3,4)16-11-7-14(2)8-12-16;1-12-4-8-15(9-5-12)14(3)16-10-6-13(2)7-11-16;1-12-3-7-14(8-4-12)11-15-9-5-13(2)6-10-15/h5-12H,1-4H3;4-11,14H,1-3H3;3-10H,11H2,1-2H3. The second-order valence-electron chi connectivity index (χ2n) is 14.0. The molecule has 0 heteroatoms. The predicted octanol–water partition coefficient (Wildman–Crippen LogP) is 13.0. The average Bonchev–Trinajstić information content (AvgIpc) is 3.08. The molecule has 48 heavy (non-hydrogen) atoms. The van der Waals surface area contributed by atoms with Crippen LogP contribution in [0.2, 0.25) is 0 Å². The third-order valence-electron chi connectivity index (χ3n) is 9.35. The van der Waals surface area contributed by atoms with Gasteiger partial charge in [0.1, 0.15) is 0 Å². The summed E-state index contributed by atoms with van der Waals surface area (Å²) >= 11 is 0. The zero-order valence-electron chi connectivity index (χ0n) is 30.6. The summed E-state index contributed by atoms with van der Waals surface area (Å²) in [4.78, 5) is 0. The molecule has 0 spiro atoms. The minimum Gasteiger partial charge on any atom is -0.0590 e. The van der Waals surface area contributed by atoms with E-state index in [-0.39, 0.29) is 5.41 Å². The molecule has 0 saturated heterocycles. The van der Waals surface area contributed by atoms with Crippen LogP contribution in [0.5, 0.6) is 0 Å². The van der Waals surface area contributed by atoms with Gasteiger partial charge in [0, 0.05) is 11.3 Å². The lowest BCUT2D eigenvalue weighted by molar-refractivity contribution is 0.640. The summed E-state index contributed by atoms with van der Waals surface area (Å²) in [6.07, 6.45) is 1.03. The van der Waals surface area contributed by atoms with Crippen LogP contribution < -0.4 is 0 Å². The minimum atomic E-state index is 0.0708. The molecule has 0 heterocycles. The highest BCUT2D eigenvalue weighted by Crippen LogP contribution is 2.31. The van der Waals surface area contributed by atoms with Crippen molar-refractivity contribution in [3.63, 3.8) is 0 Å². The first-order valence-corrected chi connectivity index (χ1v) is 17.3. The van der Waals surface area contributed by atoms with Crippen molar-refractivity contribution >= 4 is 0 Å². The van der Waals surface area contributed by atoms with Crippen molar-refractivity contribution in [1.82, 2.24) is 0 Å². The van der Waals surface area contributed by atoms with Crippen LogP contribution in [0.25, 0.3) is 0 Å².